The Hall–Kier alpha value is -0.440. The van der Waals surface area contributed by atoms with Crippen LogP contribution in [0.2, 0.25) is 0 Å². The molecule has 2 N–H and O–H groups in total. The fourth-order valence-corrected chi connectivity index (χ4v) is 4.34. The van der Waals surface area contributed by atoms with E-state index < -0.39 is 54.2 Å². The standard InChI is InChI=1S/C7H12F6N2O4S2/c1-3-5(4-2,14-16)15(20(17)6(8,9)10)21(18,19)7(11,12)13/h14,16H,3-4H2,1-2H3. The molecule has 14 heteroatoms. The average Bonchev–Trinajstić information content (AvgIpc) is 2.32. The molecule has 0 saturated carbocycles. The van der Waals surface area contributed by atoms with Crippen LogP contribution in [0.25, 0.3) is 0 Å². The van der Waals surface area contributed by atoms with Crippen molar-refractivity contribution in [1.82, 2.24) is 9.19 Å². The second kappa shape index (κ2) is 6.36. The van der Waals surface area contributed by atoms with E-state index >= 15 is 0 Å². The van der Waals surface area contributed by atoms with Crippen LogP contribution in [0, 0.1) is 0 Å². The van der Waals surface area contributed by atoms with E-state index in [0.29, 0.717) is 0 Å². The van der Waals surface area contributed by atoms with Gasteiger partial charge in [-0.25, -0.2) is 12.6 Å². The van der Waals surface area contributed by atoms with E-state index in [1.807, 2.05) is 0 Å². The number of nitrogens with one attached hydrogen (secondary N) is 1. The first-order chi connectivity index (χ1) is 9.21. The zero-order chi connectivity index (χ0) is 17.3. The lowest BCUT2D eigenvalue weighted by atomic mass is 10.1. The molecule has 0 aliphatic heterocycles. The lowest BCUT2D eigenvalue weighted by Crippen LogP contribution is -2.63. The number of hydroxylamine groups is 1. The number of alkyl halides is 6. The van der Waals surface area contributed by atoms with Crippen molar-refractivity contribution in [2.45, 2.75) is 43.4 Å². The Kier molecular flexibility index (Phi) is 6.22. The average molecular weight is 366 g/mol. The number of nitrogens with zero attached hydrogens (tertiary/aromatic N) is 1. The van der Waals surface area contributed by atoms with Crippen LogP contribution in [0.5, 0.6) is 0 Å². The van der Waals surface area contributed by atoms with Crippen molar-refractivity contribution < 1.29 is 44.2 Å². The topological polar surface area (TPSA) is 86.7 Å². The van der Waals surface area contributed by atoms with Gasteiger partial charge in [-0.3, -0.25) is 0 Å². The first kappa shape index (κ1) is 20.6. The number of rotatable bonds is 6. The molecule has 0 aromatic heterocycles. The largest absolute Gasteiger partial charge is 0.512 e. The second-order valence-electron chi connectivity index (χ2n) is 3.72. The fraction of sp³-hybridized carbons (Fsp3) is 1.00. The van der Waals surface area contributed by atoms with Crippen LogP contribution in [-0.2, 0) is 21.0 Å². The number of halogens is 6. The van der Waals surface area contributed by atoms with Crippen LogP contribution >= 0.6 is 0 Å². The summed E-state index contributed by atoms with van der Waals surface area (Å²) in [5, 5.41) is 8.87. The highest BCUT2D eigenvalue weighted by Gasteiger charge is 2.62. The minimum absolute atomic E-state index is 0.711. The third-order valence-electron chi connectivity index (χ3n) is 2.59. The summed E-state index contributed by atoms with van der Waals surface area (Å²) in [5.74, 6) is 0. The maximum Gasteiger partial charge on any atom is 0.512 e. The Balaban J connectivity index is 6.38. The zero-order valence-corrected chi connectivity index (χ0v) is 12.3. The summed E-state index contributed by atoms with van der Waals surface area (Å²) in [4.78, 5) is 0. The van der Waals surface area contributed by atoms with Crippen LogP contribution in [0.1, 0.15) is 26.7 Å². The van der Waals surface area contributed by atoms with E-state index in [1.165, 1.54) is 0 Å². The van der Waals surface area contributed by atoms with Crippen LogP contribution in [0.4, 0.5) is 26.3 Å². The van der Waals surface area contributed by atoms with Gasteiger partial charge in [-0.15, -0.1) is 0 Å². The van der Waals surface area contributed by atoms with Gasteiger partial charge in [0.15, 0.2) is 0 Å². The Bertz CT molecular complexity index is 476. The molecule has 128 valence electrons. The molecule has 0 bridgehead atoms. The van der Waals surface area contributed by atoms with Gasteiger partial charge in [0, 0.05) is 0 Å². The lowest BCUT2D eigenvalue weighted by Gasteiger charge is -2.39. The van der Waals surface area contributed by atoms with Crippen LogP contribution in [0.15, 0.2) is 0 Å². The van der Waals surface area contributed by atoms with Crippen molar-refractivity contribution in [1.29, 1.82) is 0 Å². The van der Waals surface area contributed by atoms with Crippen molar-refractivity contribution in [3.8, 4) is 0 Å². The monoisotopic (exact) mass is 366 g/mol. The molecule has 1 unspecified atom stereocenters. The molecule has 0 aliphatic carbocycles. The minimum atomic E-state index is -6.62. The number of sulfonamides is 1. The van der Waals surface area contributed by atoms with Crippen molar-refractivity contribution in [3.05, 3.63) is 0 Å². The second-order valence-corrected chi connectivity index (χ2v) is 7.06. The summed E-state index contributed by atoms with van der Waals surface area (Å²) in [5.41, 5.74) is -13.5. The molecule has 0 aromatic rings. The van der Waals surface area contributed by atoms with E-state index in [0.717, 1.165) is 19.3 Å². The molecule has 0 heterocycles. The highest BCUT2D eigenvalue weighted by atomic mass is 32.3. The fourth-order valence-electron chi connectivity index (χ4n) is 1.37. The van der Waals surface area contributed by atoms with E-state index in [1.54, 1.807) is 0 Å². The Labute approximate surface area is 118 Å². The number of hydrogen-bond donors (Lipinski definition) is 2. The van der Waals surface area contributed by atoms with E-state index in [-0.39, 0.29) is 0 Å². The van der Waals surface area contributed by atoms with E-state index in [4.69, 9.17) is 5.21 Å². The maximum atomic E-state index is 12.5. The Morgan fingerprint density at radius 1 is 1.10 bits per heavy atom. The van der Waals surface area contributed by atoms with Crippen molar-refractivity contribution in [2.24, 2.45) is 0 Å². The summed E-state index contributed by atoms with van der Waals surface area (Å²) in [7, 11) is -11.2. The first-order valence-corrected chi connectivity index (χ1v) is 7.77. The molecule has 0 rings (SSSR count). The quantitative estimate of drug-likeness (QED) is 0.425. The highest BCUT2D eigenvalue weighted by molar-refractivity contribution is 8.02. The van der Waals surface area contributed by atoms with Crippen molar-refractivity contribution in [3.63, 3.8) is 0 Å². The molecule has 0 aliphatic rings. The van der Waals surface area contributed by atoms with Gasteiger partial charge in [0.1, 0.15) is 5.66 Å². The van der Waals surface area contributed by atoms with Gasteiger partial charge < -0.3 is 5.21 Å². The molecular weight excluding hydrogens is 354 g/mol. The molecule has 0 fully saturated rings. The van der Waals surface area contributed by atoms with E-state index in [9.17, 15) is 39.0 Å². The first-order valence-electron chi connectivity index (χ1n) is 5.23. The maximum absolute atomic E-state index is 12.5. The van der Waals surface area contributed by atoms with Crippen LogP contribution in [-0.4, -0.2) is 38.2 Å². The molecule has 0 amide bonds. The Morgan fingerprint density at radius 3 is 1.67 bits per heavy atom. The van der Waals surface area contributed by atoms with Crippen molar-refractivity contribution in [2.75, 3.05) is 0 Å². The zero-order valence-electron chi connectivity index (χ0n) is 10.6. The van der Waals surface area contributed by atoms with Gasteiger partial charge in [0.2, 0.25) is 11.0 Å². The Morgan fingerprint density at radius 2 is 1.48 bits per heavy atom. The van der Waals surface area contributed by atoms with Crippen molar-refractivity contribution >= 4 is 21.0 Å². The van der Waals surface area contributed by atoms with Gasteiger partial charge in [-0.2, -0.15) is 31.8 Å². The van der Waals surface area contributed by atoms with Gasteiger partial charge in [0.05, 0.1) is 0 Å². The third kappa shape index (κ3) is 3.85. The predicted molar refractivity (Wildman–Crippen MR) is 59.2 cm³/mol. The summed E-state index contributed by atoms with van der Waals surface area (Å²) in [6.45, 7) is 2.03. The van der Waals surface area contributed by atoms with Crippen LogP contribution < -0.4 is 5.48 Å². The summed E-state index contributed by atoms with van der Waals surface area (Å²) < 4.78 is 108. The lowest BCUT2D eigenvalue weighted by molar-refractivity contribution is -0.0626. The van der Waals surface area contributed by atoms with Gasteiger partial charge in [-0.1, -0.05) is 17.6 Å². The smallest absolute Gasteiger partial charge is 0.315 e. The van der Waals surface area contributed by atoms with Gasteiger partial charge in [-0.05, 0) is 12.8 Å². The molecule has 0 spiro atoms. The molecule has 0 radical (unpaired) electrons. The van der Waals surface area contributed by atoms with Gasteiger partial charge >= 0.3 is 21.0 Å². The summed E-state index contributed by atoms with van der Waals surface area (Å²) in [6, 6.07) is 0. The van der Waals surface area contributed by atoms with E-state index in [2.05, 4.69) is 0 Å². The van der Waals surface area contributed by atoms with Crippen LogP contribution in [0.3, 0.4) is 0 Å². The summed E-state index contributed by atoms with van der Waals surface area (Å²) >= 11 is 0. The number of hydrogen-bond acceptors (Lipinski definition) is 5. The molecule has 0 aromatic carbocycles. The predicted octanol–water partition coefficient (Wildman–Crippen LogP) is 1.82. The molecular formula is C7H12F6N2O4S2. The summed E-state index contributed by atoms with van der Waals surface area (Å²) in [6.07, 6.45) is -1.42. The molecule has 1 atom stereocenters. The highest BCUT2D eigenvalue weighted by Crippen LogP contribution is 2.39. The minimum Gasteiger partial charge on any atom is -0.315 e. The molecule has 21 heavy (non-hydrogen) atoms. The molecule has 0 saturated heterocycles. The normalized spacial score (nSPS) is 16.3. The SMILES string of the molecule is CCC(CC)(NO)N(S(=O)C(F)(F)F)S(=O)(=O)C(F)(F)F. The van der Waals surface area contributed by atoms with Gasteiger partial charge in [0.25, 0.3) is 0 Å². The third-order valence-corrected chi connectivity index (χ3v) is 6.00. The molecule has 6 nitrogen and oxygen atoms in total.